The van der Waals surface area contributed by atoms with Gasteiger partial charge in [-0.15, -0.1) is 0 Å². The highest BCUT2D eigenvalue weighted by Crippen LogP contribution is 2.23. The van der Waals surface area contributed by atoms with E-state index in [0.29, 0.717) is 5.56 Å². The monoisotopic (exact) mass is 262 g/mol. The molecule has 1 aliphatic rings. The van der Waals surface area contributed by atoms with Crippen LogP contribution >= 0.6 is 0 Å². The van der Waals surface area contributed by atoms with Gasteiger partial charge in [0, 0.05) is 18.8 Å². The number of carbonyl (C=O) groups is 1. The first-order chi connectivity index (χ1) is 9.27. The molecule has 1 aromatic carbocycles. The largest absolute Gasteiger partial charge is 0.394 e. The van der Waals surface area contributed by atoms with E-state index in [0.717, 1.165) is 38.0 Å². The van der Waals surface area contributed by atoms with E-state index in [2.05, 4.69) is 5.32 Å². The fraction of sp³-hybridized carbons (Fsp3) is 0.533. The van der Waals surface area contributed by atoms with E-state index in [1.807, 2.05) is 36.1 Å². The molecule has 1 aliphatic heterocycles. The minimum atomic E-state index is -0.0315. The number of benzene rings is 1. The van der Waals surface area contributed by atoms with Crippen molar-refractivity contribution in [3.8, 4) is 0 Å². The Bertz CT molecular complexity index is 434. The maximum atomic E-state index is 12.6. The van der Waals surface area contributed by atoms with Crippen molar-refractivity contribution in [2.24, 2.45) is 0 Å². The molecular formula is C15H22N2O2. The maximum Gasteiger partial charge on any atom is 0.256 e. The van der Waals surface area contributed by atoms with Crippen LogP contribution in [0.1, 0.15) is 36.5 Å². The Balaban J connectivity index is 2.22. The van der Waals surface area contributed by atoms with Crippen molar-refractivity contribution in [3.63, 3.8) is 0 Å². The van der Waals surface area contributed by atoms with Gasteiger partial charge in [0.25, 0.3) is 5.91 Å². The summed E-state index contributed by atoms with van der Waals surface area (Å²) < 4.78 is 0. The maximum absolute atomic E-state index is 12.6. The summed E-state index contributed by atoms with van der Waals surface area (Å²) >= 11 is 0. The van der Waals surface area contributed by atoms with E-state index in [4.69, 9.17) is 0 Å². The smallest absolute Gasteiger partial charge is 0.256 e. The number of amides is 1. The lowest BCUT2D eigenvalue weighted by atomic mass is 10.0. The van der Waals surface area contributed by atoms with Gasteiger partial charge in [0.05, 0.1) is 18.2 Å². The van der Waals surface area contributed by atoms with Crippen LogP contribution in [0.3, 0.4) is 0 Å². The number of nitrogens with one attached hydrogen (secondary N) is 1. The lowest BCUT2D eigenvalue weighted by Crippen LogP contribution is -2.45. The Morgan fingerprint density at radius 3 is 2.95 bits per heavy atom. The Morgan fingerprint density at radius 1 is 1.42 bits per heavy atom. The van der Waals surface area contributed by atoms with Gasteiger partial charge in [-0.1, -0.05) is 12.1 Å². The Kier molecular flexibility index (Phi) is 4.80. The predicted molar refractivity (Wildman–Crippen MR) is 76.4 cm³/mol. The molecule has 0 saturated carbocycles. The third-order valence-corrected chi connectivity index (χ3v) is 3.62. The van der Waals surface area contributed by atoms with E-state index in [-0.39, 0.29) is 18.6 Å². The minimum Gasteiger partial charge on any atom is -0.394 e. The van der Waals surface area contributed by atoms with Gasteiger partial charge >= 0.3 is 0 Å². The highest BCUT2D eigenvalue weighted by atomic mass is 16.3. The molecule has 0 radical (unpaired) electrons. The van der Waals surface area contributed by atoms with Gasteiger partial charge in [-0.3, -0.25) is 4.79 Å². The Morgan fingerprint density at radius 2 is 2.21 bits per heavy atom. The number of piperidine rings is 1. The van der Waals surface area contributed by atoms with E-state index in [1.165, 1.54) is 0 Å². The molecule has 2 N–H and O–H groups in total. The third-order valence-electron chi connectivity index (χ3n) is 3.62. The van der Waals surface area contributed by atoms with Crippen LogP contribution in [0, 0.1) is 0 Å². The van der Waals surface area contributed by atoms with Crippen LogP contribution < -0.4 is 5.32 Å². The van der Waals surface area contributed by atoms with Crippen LogP contribution in [0.5, 0.6) is 0 Å². The lowest BCUT2D eigenvalue weighted by molar-refractivity contribution is 0.0504. The summed E-state index contributed by atoms with van der Waals surface area (Å²) in [6.45, 7) is 3.59. The average molecular weight is 262 g/mol. The number of aliphatic hydroxyl groups excluding tert-OH is 1. The molecule has 1 amide bonds. The third kappa shape index (κ3) is 3.07. The highest BCUT2D eigenvalue weighted by molar-refractivity contribution is 5.99. The van der Waals surface area contributed by atoms with E-state index >= 15 is 0 Å². The number of likely N-dealkylation sites (tertiary alicyclic amines) is 1. The summed E-state index contributed by atoms with van der Waals surface area (Å²) in [5, 5.41) is 12.6. The van der Waals surface area contributed by atoms with E-state index in [9.17, 15) is 9.90 Å². The molecule has 2 rings (SSSR count). The molecule has 1 fully saturated rings. The van der Waals surface area contributed by atoms with Gasteiger partial charge in [0.1, 0.15) is 0 Å². The first-order valence-electron chi connectivity index (χ1n) is 7.02. The number of para-hydroxylation sites is 1. The summed E-state index contributed by atoms with van der Waals surface area (Å²) in [5.41, 5.74) is 1.57. The molecule has 1 atom stereocenters. The quantitative estimate of drug-likeness (QED) is 0.873. The van der Waals surface area contributed by atoms with Gasteiger partial charge in [-0.05, 0) is 38.3 Å². The average Bonchev–Trinajstić information content (AvgIpc) is 2.47. The molecule has 1 unspecified atom stereocenters. The van der Waals surface area contributed by atoms with Crippen molar-refractivity contribution in [2.45, 2.75) is 32.2 Å². The highest BCUT2D eigenvalue weighted by Gasteiger charge is 2.27. The molecule has 0 bridgehead atoms. The second kappa shape index (κ2) is 6.57. The number of nitrogens with zero attached hydrogens (tertiary/aromatic N) is 1. The fourth-order valence-corrected chi connectivity index (χ4v) is 2.63. The molecule has 104 valence electrons. The van der Waals surface area contributed by atoms with Crippen LogP contribution in [0.15, 0.2) is 24.3 Å². The molecule has 0 aliphatic carbocycles. The van der Waals surface area contributed by atoms with Crippen molar-refractivity contribution >= 4 is 11.6 Å². The number of anilines is 1. The number of aliphatic hydroxyl groups is 1. The predicted octanol–water partition coefficient (Wildman–Crippen LogP) is 2.11. The number of hydrogen-bond acceptors (Lipinski definition) is 3. The van der Waals surface area contributed by atoms with Crippen LogP contribution in [0.2, 0.25) is 0 Å². The second-order valence-corrected chi connectivity index (χ2v) is 4.91. The Labute approximate surface area is 114 Å². The second-order valence-electron chi connectivity index (χ2n) is 4.91. The summed E-state index contributed by atoms with van der Waals surface area (Å²) in [7, 11) is 0. The van der Waals surface area contributed by atoms with Crippen LogP contribution in [-0.4, -0.2) is 41.7 Å². The van der Waals surface area contributed by atoms with Crippen LogP contribution in [0.4, 0.5) is 5.69 Å². The number of hydrogen-bond donors (Lipinski definition) is 2. The molecule has 4 nitrogen and oxygen atoms in total. The molecule has 1 saturated heterocycles. The van der Waals surface area contributed by atoms with Gasteiger partial charge < -0.3 is 15.3 Å². The molecule has 0 spiro atoms. The van der Waals surface area contributed by atoms with Crippen molar-refractivity contribution in [3.05, 3.63) is 29.8 Å². The van der Waals surface area contributed by atoms with Crippen molar-refractivity contribution in [1.82, 2.24) is 4.90 Å². The van der Waals surface area contributed by atoms with Gasteiger partial charge in [0.2, 0.25) is 0 Å². The van der Waals surface area contributed by atoms with Gasteiger partial charge in [-0.25, -0.2) is 0 Å². The van der Waals surface area contributed by atoms with Crippen molar-refractivity contribution < 1.29 is 9.90 Å². The summed E-state index contributed by atoms with van der Waals surface area (Å²) in [6, 6.07) is 7.55. The zero-order valence-corrected chi connectivity index (χ0v) is 11.4. The number of rotatable bonds is 4. The standard InChI is InChI=1S/C15H22N2O2/c1-2-16-14-9-4-3-8-13(14)15(19)17-10-6-5-7-12(17)11-18/h3-4,8-9,12,16,18H,2,5-7,10-11H2,1H3. The zero-order valence-electron chi connectivity index (χ0n) is 11.4. The topological polar surface area (TPSA) is 52.6 Å². The Hall–Kier alpha value is -1.55. The lowest BCUT2D eigenvalue weighted by Gasteiger charge is -2.35. The SMILES string of the molecule is CCNc1ccccc1C(=O)N1CCCCC1CO. The van der Waals surface area contributed by atoms with Gasteiger partial charge in [0.15, 0.2) is 0 Å². The summed E-state index contributed by atoms with van der Waals surface area (Å²) in [6.07, 6.45) is 3.00. The molecule has 4 heteroatoms. The molecule has 1 heterocycles. The number of carbonyl (C=O) groups excluding carboxylic acids is 1. The van der Waals surface area contributed by atoms with Crippen LogP contribution in [-0.2, 0) is 0 Å². The normalized spacial score (nSPS) is 19.3. The fourth-order valence-electron chi connectivity index (χ4n) is 2.63. The molecular weight excluding hydrogens is 240 g/mol. The van der Waals surface area contributed by atoms with Crippen LogP contribution in [0.25, 0.3) is 0 Å². The summed E-state index contributed by atoms with van der Waals surface area (Å²) in [4.78, 5) is 14.5. The minimum absolute atomic E-state index is 0.0234. The molecule has 1 aromatic rings. The molecule has 0 aromatic heterocycles. The zero-order chi connectivity index (χ0) is 13.7. The molecule has 19 heavy (non-hydrogen) atoms. The van der Waals surface area contributed by atoms with Gasteiger partial charge in [-0.2, -0.15) is 0 Å². The first kappa shape index (κ1) is 13.9. The van der Waals surface area contributed by atoms with E-state index in [1.54, 1.807) is 0 Å². The van der Waals surface area contributed by atoms with E-state index < -0.39 is 0 Å². The van der Waals surface area contributed by atoms with Crippen molar-refractivity contribution in [1.29, 1.82) is 0 Å². The summed E-state index contributed by atoms with van der Waals surface area (Å²) in [5.74, 6) is 0.0234. The van der Waals surface area contributed by atoms with Crippen molar-refractivity contribution in [2.75, 3.05) is 25.0 Å². The first-order valence-corrected chi connectivity index (χ1v) is 7.02.